The molecular weight excluding hydrogens is 300 g/mol. The molecule has 0 radical (unpaired) electrons. The molecule has 5 heteroatoms. The van der Waals surface area contributed by atoms with Gasteiger partial charge in [-0.25, -0.2) is 4.68 Å². The molecule has 0 fully saturated rings. The summed E-state index contributed by atoms with van der Waals surface area (Å²) >= 11 is 0. The number of aromatic nitrogens is 3. The normalized spacial score (nSPS) is 13.6. The van der Waals surface area contributed by atoms with E-state index < -0.39 is 0 Å². The number of hydrogen-bond donors (Lipinski definition) is 0. The Balaban J connectivity index is 1.71. The monoisotopic (exact) mass is 318 g/mol. The van der Waals surface area contributed by atoms with Gasteiger partial charge in [-0.2, -0.15) is 0 Å². The van der Waals surface area contributed by atoms with Crippen molar-refractivity contribution >= 4 is 11.6 Å². The Labute approximate surface area is 140 Å². The number of carbonyl (C=O) groups is 1. The highest BCUT2D eigenvalue weighted by Crippen LogP contribution is 2.28. The molecule has 2 aromatic carbocycles. The van der Waals surface area contributed by atoms with E-state index in [2.05, 4.69) is 16.4 Å². The molecule has 1 aromatic heterocycles. The van der Waals surface area contributed by atoms with Crippen molar-refractivity contribution in [3.63, 3.8) is 0 Å². The SMILES string of the molecule is Cc1c(C(=O)N2CCCc3ccccc32)nnn1-c1ccccc1. The fourth-order valence-electron chi connectivity index (χ4n) is 3.21. The topological polar surface area (TPSA) is 51.0 Å². The molecular formula is C19H18N4O. The molecule has 0 aliphatic carbocycles. The summed E-state index contributed by atoms with van der Waals surface area (Å²) < 4.78 is 1.71. The van der Waals surface area contributed by atoms with Crippen LogP contribution in [0.3, 0.4) is 0 Å². The quantitative estimate of drug-likeness (QED) is 0.729. The summed E-state index contributed by atoms with van der Waals surface area (Å²) in [5, 5.41) is 8.34. The van der Waals surface area contributed by atoms with Gasteiger partial charge >= 0.3 is 0 Å². The van der Waals surface area contributed by atoms with Crippen molar-refractivity contribution in [3.05, 3.63) is 71.5 Å². The third kappa shape index (κ3) is 2.38. The lowest BCUT2D eigenvalue weighted by Crippen LogP contribution is -2.36. The van der Waals surface area contributed by atoms with Gasteiger partial charge in [-0.05, 0) is 43.5 Å². The van der Waals surface area contributed by atoms with Gasteiger partial charge in [0, 0.05) is 12.2 Å². The Kier molecular flexibility index (Phi) is 3.61. The van der Waals surface area contributed by atoms with Crippen LogP contribution in [0, 0.1) is 6.92 Å². The first-order chi connectivity index (χ1) is 11.8. The molecule has 24 heavy (non-hydrogen) atoms. The third-order valence-electron chi connectivity index (χ3n) is 4.45. The Morgan fingerprint density at radius 2 is 1.79 bits per heavy atom. The largest absolute Gasteiger partial charge is 0.307 e. The van der Waals surface area contributed by atoms with Crippen molar-refractivity contribution in [2.24, 2.45) is 0 Å². The van der Waals surface area contributed by atoms with Crippen LogP contribution in [0.25, 0.3) is 5.69 Å². The molecule has 1 aliphatic rings. The summed E-state index contributed by atoms with van der Waals surface area (Å²) in [6, 6.07) is 17.8. The zero-order valence-corrected chi connectivity index (χ0v) is 13.5. The second-order valence-corrected chi connectivity index (χ2v) is 5.96. The highest BCUT2D eigenvalue weighted by atomic mass is 16.2. The number of rotatable bonds is 2. The Morgan fingerprint density at radius 1 is 1.04 bits per heavy atom. The van der Waals surface area contributed by atoms with Crippen LogP contribution in [0.15, 0.2) is 54.6 Å². The summed E-state index contributed by atoms with van der Waals surface area (Å²) in [6.07, 6.45) is 1.98. The van der Waals surface area contributed by atoms with Crippen LogP contribution in [0.1, 0.15) is 28.2 Å². The van der Waals surface area contributed by atoms with E-state index in [1.807, 2.05) is 60.4 Å². The number of benzene rings is 2. The Hall–Kier alpha value is -2.95. The maximum atomic E-state index is 13.0. The predicted octanol–water partition coefficient (Wildman–Crippen LogP) is 3.17. The van der Waals surface area contributed by atoms with Crippen molar-refractivity contribution in [2.45, 2.75) is 19.8 Å². The molecule has 0 N–H and O–H groups in total. The van der Waals surface area contributed by atoms with E-state index in [-0.39, 0.29) is 5.91 Å². The minimum Gasteiger partial charge on any atom is -0.307 e. The van der Waals surface area contributed by atoms with Crippen LogP contribution in [-0.4, -0.2) is 27.4 Å². The molecule has 0 bridgehead atoms. The molecule has 0 atom stereocenters. The molecule has 5 nitrogen and oxygen atoms in total. The number of para-hydroxylation sites is 2. The van der Waals surface area contributed by atoms with Crippen molar-refractivity contribution in [3.8, 4) is 5.69 Å². The second kappa shape index (κ2) is 5.92. The number of amides is 1. The van der Waals surface area contributed by atoms with Gasteiger partial charge < -0.3 is 4.90 Å². The first kappa shape index (κ1) is 14.6. The highest BCUT2D eigenvalue weighted by Gasteiger charge is 2.27. The average molecular weight is 318 g/mol. The number of carbonyl (C=O) groups excluding carboxylic acids is 1. The van der Waals surface area contributed by atoms with Gasteiger partial charge in [-0.3, -0.25) is 4.79 Å². The molecule has 120 valence electrons. The molecule has 0 unspecified atom stereocenters. The number of nitrogens with zero attached hydrogens (tertiary/aromatic N) is 4. The molecule has 0 saturated heterocycles. The van der Waals surface area contributed by atoms with E-state index in [0.717, 1.165) is 29.9 Å². The van der Waals surface area contributed by atoms with E-state index in [0.29, 0.717) is 12.2 Å². The van der Waals surface area contributed by atoms with Crippen molar-refractivity contribution in [1.29, 1.82) is 0 Å². The van der Waals surface area contributed by atoms with Gasteiger partial charge in [-0.1, -0.05) is 41.6 Å². The molecule has 0 spiro atoms. The zero-order valence-electron chi connectivity index (χ0n) is 13.5. The molecule has 3 aromatic rings. The van der Waals surface area contributed by atoms with Crippen molar-refractivity contribution in [1.82, 2.24) is 15.0 Å². The lowest BCUT2D eigenvalue weighted by atomic mass is 10.0. The fourth-order valence-corrected chi connectivity index (χ4v) is 3.21. The Bertz CT molecular complexity index is 885. The first-order valence-corrected chi connectivity index (χ1v) is 8.13. The van der Waals surface area contributed by atoms with E-state index in [1.165, 1.54) is 5.56 Å². The number of hydrogen-bond acceptors (Lipinski definition) is 3. The third-order valence-corrected chi connectivity index (χ3v) is 4.45. The van der Waals surface area contributed by atoms with Crippen LogP contribution in [0.5, 0.6) is 0 Å². The first-order valence-electron chi connectivity index (χ1n) is 8.13. The van der Waals surface area contributed by atoms with Crippen molar-refractivity contribution < 1.29 is 4.79 Å². The zero-order chi connectivity index (χ0) is 16.5. The predicted molar refractivity (Wildman–Crippen MR) is 92.5 cm³/mol. The van der Waals surface area contributed by atoms with Crippen molar-refractivity contribution in [2.75, 3.05) is 11.4 Å². The standard InChI is InChI=1S/C19H18N4O/c1-14-18(20-21-23(14)16-10-3-2-4-11-16)19(24)22-13-7-9-15-8-5-6-12-17(15)22/h2-6,8,10-12H,7,9,13H2,1H3. The van der Waals surface area contributed by atoms with Crippen LogP contribution >= 0.6 is 0 Å². The minimum atomic E-state index is -0.0816. The molecule has 1 aliphatic heterocycles. The van der Waals surface area contributed by atoms with Crippen LogP contribution in [0.4, 0.5) is 5.69 Å². The van der Waals surface area contributed by atoms with E-state index in [4.69, 9.17) is 0 Å². The smallest absolute Gasteiger partial charge is 0.280 e. The van der Waals surface area contributed by atoms with E-state index in [9.17, 15) is 4.79 Å². The van der Waals surface area contributed by atoms with Gasteiger partial charge in [0.25, 0.3) is 5.91 Å². The molecule has 4 rings (SSSR count). The number of aryl methyl sites for hydroxylation is 1. The van der Waals surface area contributed by atoms with Crippen LogP contribution in [-0.2, 0) is 6.42 Å². The minimum absolute atomic E-state index is 0.0816. The number of fused-ring (bicyclic) bond motifs is 1. The second-order valence-electron chi connectivity index (χ2n) is 5.96. The molecule has 0 saturated carbocycles. The maximum Gasteiger partial charge on any atom is 0.280 e. The van der Waals surface area contributed by atoms with Gasteiger partial charge in [-0.15, -0.1) is 5.10 Å². The summed E-state index contributed by atoms with van der Waals surface area (Å²) in [7, 11) is 0. The summed E-state index contributed by atoms with van der Waals surface area (Å²) in [5.74, 6) is -0.0816. The van der Waals surface area contributed by atoms with E-state index >= 15 is 0 Å². The summed E-state index contributed by atoms with van der Waals surface area (Å²) in [6.45, 7) is 2.60. The van der Waals surface area contributed by atoms with Crippen LogP contribution < -0.4 is 4.90 Å². The lowest BCUT2D eigenvalue weighted by molar-refractivity contribution is 0.0979. The highest BCUT2D eigenvalue weighted by molar-refractivity contribution is 6.06. The van der Waals surface area contributed by atoms with Gasteiger partial charge in [0.2, 0.25) is 0 Å². The van der Waals surface area contributed by atoms with Crippen LogP contribution in [0.2, 0.25) is 0 Å². The summed E-state index contributed by atoms with van der Waals surface area (Å²) in [4.78, 5) is 14.9. The maximum absolute atomic E-state index is 13.0. The van der Waals surface area contributed by atoms with Gasteiger partial charge in [0.1, 0.15) is 0 Å². The van der Waals surface area contributed by atoms with Gasteiger partial charge in [0.15, 0.2) is 5.69 Å². The molecule has 2 heterocycles. The average Bonchev–Trinajstić information content (AvgIpc) is 3.03. The van der Waals surface area contributed by atoms with E-state index in [1.54, 1.807) is 4.68 Å². The number of anilines is 1. The molecule has 1 amide bonds. The van der Waals surface area contributed by atoms with Gasteiger partial charge in [0.05, 0.1) is 11.4 Å². The summed E-state index contributed by atoms with van der Waals surface area (Å²) in [5.41, 5.74) is 4.28. The fraction of sp³-hybridized carbons (Fsp3) is 0.211. The lowest BCUT2D eigenvalue weighted by Gasteiger charge is -2.28. The Morgan fingerprint density at radius 3 is 2.62 bits per heavy atom.